The van der Waals surface area contributed by atoms with Gasteiger partial charge in [0.15, 0.2) is 0 Å². The lowest BCUT2D eigenvalue weighted by atomic mass is 10.3. The van der Waals surface area contributed by atoms with Gasteiger partial charge in [0.25, 0.3) is 10.0 Å². The second kappa shape index (κ2) is 5.93. The molecule has 3 N–H and O–H groups in total. The minimum Gasteiger partial charge on any atom is -0.399 e. The molecule has 20 heavy (non-hydrogen) atoms. The van der Waals surface area contributed by atoms with Crippen LogP contribution >= 0.6 is 43.5 Å². The van der Waals surface area contributed by atoms with Crippen molar-refractivity contribution in [3.8, 4) is 0 Å². The lowest BCUT2D eigenvalue weighted by Gasteiger charge is -2.11. The molecular weight excluding hydrogens is 431 g/mol. The molecule has 0 unspecified atom stereocenters. The highest BCUT2D eigenvalue weighted by Gasteiger charge is 2.19. The number of sulfonamides is 1. The van der Waals surface area contributed by atoms with Gasteiger partial charge in [-0.05, 0) is 52.3 Å². The molecule has 8 heteroatoms. The van der Waals surface area contributed by atoms with E-state index in [4.69, 9.17) is 17.3 Å². The molecule has 0 amide bonds. The number of hydrogen-bond acceptors (Lipinski definition) is 3. The van der Waals surface area contributed by atoms with Crippen molar-refractivity contribution >= 4 is 64.9 Å². The zero-order chi connectivity index (χ0) is 14.9. The molecule has 2 rings (SSSR count). The molecule has 0 saturated heterocycles. The van der Waals surface area contributed by atoms with Crippen LogP contribution in [0.25, 0.3) is 0 Å². The zero-order valence-electron chi connectivity index (χ0n) is 9.90. The topological polar surface area (TPSA) is 72.2 Å². The standard InChI is InChI=1S/C12H9Br2ClN2O2S/c13-7-1-3-9(14)12(5-7)20(18,19)17-11-6-8(16)2-4-10(11)15/h1-6,17H,16H2. The van der Waals surface area contributed by atoms with E-state index in [9.17, 15) is 8.42 Å². The van der Waals surface area contributed by atoms with Crippen LogP contribution in [-0.2, 0) is 10.0 Å². The Hall–Kier alpha value is -0.760. The Balaban J connectivity index is 2.46. The first-order valence-corrected chi connectivity index (χ1v) is 8.77. The third-order valence-electron chi connectivity index (χ3n) is 2.42. The molecule has 0 radical (unpaired) electrons. The molecule has 0 aliphatic rings. The predicted molar refractivity (Wildman–Crippen MR) is 88.5 cm³/mol. The van der Waals surface area contributed by atoms with Gasteiger partial charge in [0, 0.05) is 14.6 Å². The highest BCUT2D eigenvalue weighted by atomic mass is 79.9. The molecule has 2 aromatic carbocycles. The summed E-state index contributed by atoms with van der Waals surface area (Å²) in [6, 6.07) is 9.45. The predicted octanol–water partition coefficient (Wildman–Crippen LogP) is 4.25. The first-order valence-electron chi connectivity index (χ1n) is 5.32. The zero-order valence-corrected chi connectivity index (χ0v) is 14.6. The summed E-state index contributed by atoms with van der Waals surface area (Å²) in [4.78, 5) is 0.102. The van der Waals surface area contributed by atoms with Gasteiger partial charge in [-0.25, -0.2) is 8.42 Å². The van der Waals surface area contributed by atoms with E-state index in [0.29, 0.717) is 14.6 Å². The van der Waals surface area contributed by atoms with Gasteiger partial charge in [-0.3, -0.25) is 4.72 Å². The van der Waals surface area contributed by atoms with Gasteiger partial charge >= 0.3 is 0 Å². The molecule has 0 saturated carbocycles. The van der Waals surface area contributed by atoms with E-state index >= 15 is 0 Å². The van der Waals surface area contributed by atoms with Crippen molar-refractivity contribution in [1.29, 1.82) is 0 Å². The van der Waals surface area contributed by atoms with E-state index in [-0.39, 0.29) is 15.6 Å². The second-order valence-corrected chi connectivity index (χ2v) is 7.75. The van der Waals surface area contributed by atoms with Crippen molar-refractivity contribution in [2.75, 3.05) is 10.5 Å². The average molecular weight is 441 g/mol. The van der Waals surface area contributed by atoms with E-state index in [1.54, 1.807) is 18.2 Å². The van der Waals surface area contributed by atoms with E-state index in [2.05, 4.69) is 36.6 Å². The molecule has 0 bridgehead atoms. The van der Waals surface area contributed by atoms with E-state index < -0.39 is 10.0 Å². The van der Waals surface area contributed by atoms with Crippen LogP contribution in [0.3, 0.4) is 0 Å². The highest BCUT2D eigenvalue weighted by molar-refractivity contribution is 9.11. The second-order valence-electron chi connectivity index (χ2n) is 3.92. The van der Waals surface area contributed by atoms with E-state index in [1.807, 2.05) is 0 Å². The summed E-state index contributed by atoms with van der Waals surface area (Å²) in [5, 5.41) is 0.272. The molecule has 0 spiro atoms. The number of nitrogens with one attached hydrogen (secondary N) is 1. The number of rotatable bonds is 3. The van der Waals surface area contributed by atoms with Gasteiger partial charge in [-0.1, -0.05) is 27.5 Å². The Kier molecular flexibility index (Phi) is 4.63. The van der Waals surface area contributed by atoms with Gasteiger partial charge in [-0.15, -0.1) is 0 Å². The molecule has 0 atom stereocenters. The fourth-order valence-electron chi connectivity index (χ4n) is 1.50. The van der Waals surface area contributed by atoms with Crippen LogP contribution in [-0.4, -0.2) is 8.42 Å². The van der Waals surface area contributed by atoms with Gasteiger partial charge in [0.1, 0.15) is 4.90 Å². The van der Waals surface area contributed by atoms with Gasteiger partial charge in [0.05, 0.1) is 10.7 Å². The number of benzene rings is 2. The molecule has 0 fully saturated rings. The van der Waals surface area contributed by atoms with Gasteiger partial charge in [0.2, 0.25) is 0 Å². The maximum Gasteiger partial charge on any atom is 0.263 e. The Bertz CT molecular complexity index is 766. The maximum atomic E-state index is 12.4. The lowest BCUT2D eigenvalue weighted by molar-refractivity contribution is 0.600. The summed E-state index contributed by atoms with van der Waals surface area (Å²) >= 11 is 12.4. The summed E-state index contributed by atoms with van der Waals surface area (Å²) in [5.74, 6) is 0. The lowest BCUT2D eigenvalue weighted by Crippen LogP contribution is -2.14. The number of hydrogen-bond donors (Lipinski definition) is 2. The summed E-state index contributed by atoms with van der Waals surface area (Å²) in [6.45, 7) is 0. The van der Waals surface area contributed by atoms with Crippen molar-refractivity contribution in [2.24, 2.45) is 0 Å². The van der Waals surface area contributed by atoms with Crippen LogP contribution in [0, 0.1) is 0 Å². The minimum absolute atomic E-state index is 0.102. The van der Waals surface area contributed by atoms with Gasteiger partial charge < -0.3 is 5.73 Å². The Morgan fingerprint density at radius 2 is 1.80 bits per heavy atom. The molecule has 0 aliphatic carbocycles. The van der Waals surface area contributed by atoms with Crippen LogP contribution in [0.4, 0.5) is 11.4 Å². The highest BCUT2D eigenvalue weighted by Crippen LogP contribution is 2.30. The Morgan fingerprint density at radius 1 is 1.10 bits per heavy atom. The summed E-state index contributed by atoms with van der Waals surface area (Å²) < 4.78 is 28.3. The van der Waals surface area contributed by atoms with Crippen LogP contribution in [0.15, 0.2) is 50.2 Å². The van der Waals surface area contributed by atoms with E-state index in [0.717, 1.165) is 0 Å². The Labute approximate surface area is 138 Å². The number of halogens is 3. The van der Waals surface area contributed by atoms with Crippen molar-refractivity contribution in [3.63, 3.8) is 0 Å². The number of anilines is 2. The monoisotopic (exact) mass is 438 g/mol. The van der Waals surface area contributed by atoms with Crippen LogP contribution in [0.2, 0.25) is 5.02 Å². The van der Waals surface area contributed by atoms with Crippen molar-refractivity contribution in [1.82, 2.24) is 0 Å². The van der Waals surface area contributed by atoms with Crippen LogP contribution < -0.4 is 10.5 Å². The third kappa shape index (κ3) is 3.46. The SMILES string of the molecule is Nc1ccc(Cl)c(NS(=O)(=O)c2cc(Br)ccc2Br)c1. The fourth-order valence-corrected chi connectivity index (χ4v) is 4.30. The molecule has 106 valence electrons. The molecular formula is C12H9Br2ClN2O2S. The fraction of sp³-hybridized carbons (Fsp3) is 0. The molecule has 0 heterocycles. The van der Waals surface area contributed by atoms with Crippen molar-refractivity contribution in [2.45, 2.75) is 4.90 Å². The van der Waals surface area contributed by atoms with Crippen LogP contribution in [0.5, 0.6) is 0 Å². The minimum atomic E-state index is -3.77. The molecule has 0 aromatic heterocycles. The van der Waals surface area contributed by atoms with Gasteiger partial charge in [-0.2, -0.15) is 0 Å². The quantitative estimate of drug-likeness (QED) is 0.701. The van der Waals surface area contributed by atoms with Crippen LogP contribution in [0.1, 0.15) is 0 Å². The molecule has 2 aromatic rings. The summed E-state index contributed by atoms with van der Waals surface area (Å²) in [5.41, 5.74) is 6.28. The first kappa shape index (κ1) is 15.6. The average Bonchev–Trinajstić information content (AvgIpc) is 2.36. The number of nitrogen functional groups attached to an aromatic ring is 1. The molecule has 4 nitrogen and oxygen atoms in total. The molecule has 0 aliphatic heterocycles. The third-order valence-corrected chi connectivity index (χ3v) is 5.60. The largest absolute Gasteiger partial charge is 0.399 e. The smallest absolute Gasteiger partial charge is 0.263 e. The van der Waals surface area contributed by atoms with Crippen molar-refractivity contribution in [3.05, 3.63) is 50.4 Å². The summed E-state index contributed by atoms with van der Waals surface area (Å²) in [6.07, 6.45) is 0. The maximum absolute atomic E-state index is 12.4. The first-order chi connectivity index (χ1) is 9.29. The van der Waals surface area contributed by atoms with Crippen molar-refractivity contribution < 1.29 is 8.42 Å². The Morgan fingerprint density at radius 3 is 2.50 bits per heavy atom. The number of nitrogens with two attached hydrogens (primary N) is 1. The summed E-state index contributed by atoms with van der Waals surface area (Å²) in [7, 11) is -3.77. The normalized spacial score (nSPS) is 11.3. The van der Waals surface area contributed by atoms with E-state index in [1.165, 1.54) is 18.2 Å².